The Morgan fingerprint density at radius 2 is 1.70 bits per heavy atom. The first-order valence-corrected chi connectivity index (χ1v) is 5.95. The van der Waals surface area contributed by atoms with E-state index in [1.165, 1.54) is 0 Å². The SMILES string of the molecule is Cc1ccc(C)c(Nc2c(F)cc(C(=O)O)cc2F)c1. The van der Waals surface area contributed by atoms with Crippen molar-refractivity contribution in [3.05, 3.63) is 58.7 Å². The summed E-state index contributed by atoms with van der Waals surface area (Å²) in [6.07, 6.45) is 0. The van der Waals surface area contributed by atoms with Gasteiger partial charge < -0.3 is 10.4 Å². The molecule has 0 spiro atoms. The Morgan fingerprint density at radius 1 is 1.10 bits per heavy atom. The largest absolute Gasteiger partial charge is 0.478 e. The van der Waals surface area contributed by atoms with Crippen LogP contribution in [0.4, 0.5) is 20.2 Å². The van der Waals surface area contributed by atoms with Gasteiger partial charge in [0.2, 0.25) is 0 Å². The lowest BCUT2D eigenvalue weighted by Gasteiger charge is -2.12. The van der Waals surface area contributed by atoms with Gasteiger partial charge in [-0.1, -0.05) is 12.1 Å². The Hall–Kier alpha value is -2.43. The van der Waals surface area contributed by atoms with Gasteiger partial charge in [-0.25, -0.2) is 13.6 Å². The summed E-state index contributed by atoms with van der Waals surface area (Å²) in [6.45, 7) is 3.67. The fraction of sp³-hybridized carbons (Fsp3) is 0.133. The molecular formula is C15H13F2NO2. The number of nitrogens with one attached hydrogen (secondary N) is 1. The van der Waals surface area contributed by atoms with Crippen LogP contribution in [-0.2, 0) is 0 Å². The van der Waals surface area contributed by atoms with Crippen molar-refractivity contribution in [1.29, 1.82) is 0 Å². The summed E-state index contributed by atoms with van der Waals surface area (Å²) in [5.74, 6) is -3.26. The van der Waals surface area contributed by atoms with Gasteiger partial charge in [-0.05, 0) is 43.2 Å². The van der Waals surface area contributed by atoms with Gasteiger partial charge in [0, 0.05) is 5.69 Å². The molecule has 0 heterocycles. The normalized spacial score (nSPS) is 10.4. The highest BCUT2D eigenvalue weighted by Crippen LogP contribution is 2.27. The molecule has 0 radical (unpaired) electrons. The van der Waals surface area contributed by atoms with Crippen LogP contribution in [0.1, 0.15) is 21.5 Å². The second-order valence-corrected chi connectivity index (χ2v) is 4.56. The van der Waals surface area contributed by atoms with Crippen molar-refractivity contribution in [2.75, 3.05) is 5.32 Å². The van der Waals surface area contributed by atoms with Gasteiger partial charge >= 0.3 is 5.97 Å². The van der Waals surface area contributed by atoms with Crippen molar-refractivity contribution in [2.24, 2.45) is 0 Å². The van der Waals surface area contributed by atoms with E-state index in [0.717, 1.165) is 23.3 Å². The van der Waals surface area contributed by atoms with Crippen LogP contribution in [0, 0.1) is 25.5 Å². The van der Waals surface area contributed by atoms with E-state index in [0.29, 0.717) is 5.69 Å². The molecule has 0 saturated carbocycles. The maximum absolute atomic E-state index is 13.8. The molecule has 2 N–H and O–H groups in total. The number of rotatable bonds is 3. The monoisotopic (exact) mass is 277 g/mol. The van der Waals surface area contributed by atoms with Crippen molar-refractivity contribution in [3.8, 4) is 0 Å². The van der Waals surface area contributed by atoms with Crippen LogP contribution < -0.4 is 5.32 Å². The van der Waals surface area contributed by atoms with Crippen molar-refractivity contribution in [2.45, 2.75) is 13.8 Å². The van der Waals surface area contributed by atoms with Crippen LogP contribution >= 0.6 is 0 Å². The molecule has 0 saturated heterocycles. The molecule has 20 heavy (non-hydrogen) atoms. The number of carboxylic acids is 1. The van der Waals surface area contributed by atoms with E-state index >= 15 is 0 Å². The Bertz CT molecular complexity index is 661. The standard InChI is InChI=1S/C15H13F2NO2/c1-8-3-4-9(2)13(5-8)18-14-11(16)6-10(15(19)20)7-12(14)17/h3-7,18H,1-2H3,(H,19,20). The lowest BCUT2D eigenvalue weighted by molar-refractivity contribution is 0.0696. The molecule has 0 fully saturated rings. The summed E-state index contributed by atoms with van der Waals surface area (Å²) < 4.78 is 27.6. The van der Waals surface area contributed by atoms with E-state index in [1.807, 2.05) is 26.0 Å². The predicted molar refractivity (Wildman–Crippen MR) is 72.5 cm³/mol. The smallest absolute Gasteiger partial charge is 0.335 e. The highest BCUT2D eigenvalue weighted by atomic mass is 19.1. The van der Waals surface area contributed by atoms with Crippen molar-refractivity contribution in [1.82, 2.24) is 0 Å². The summed E-state index contributed by atoms with van der Waals surface area (Å²) in [7, 11) is 0. The number of benzene rings is 2. The van der Waals surface area contributed by atoms with Gasteiger partial charge in [-0.3, -0.25) is 0 Å². The third-order valence-electron chi connectivity index (χ3n) is 2.94. The number of halogens is 2. The highest BCUT2D eigenvalue weighted by molar-refractivity contribution is 5.88. The summed E-state index contributed by atoms with van der Waals surface area (Å²) in [5, 5.41) is 11.4. The van der Waals surface area contributed by atoms with Gasteiger partial charge in [0.05, 0.1) is 5.56 Å². The van der Waals surface area contributed by atoms with Gasteiger partial charge in [-0.15, -0.1) is 0 Å². The first-order chi connectivity index (χ1) is 9.38. The first kappa shape index (κ1) is 14.0. The summed E-state index contributed by atoms with van der Waals surface area (Å²) >= 11 is 0. The van der Waals surface area contributed by atoms with Crippen LogP contribution in [0.5, 0.6) is 0 Å². The zero-order chi connectivity index (χ0) is 14.9. The lowest BCUT2D eigenvalue weighted by atomic mass is 10.1. The fourth-order valence-electron chi connectivity index (χ4n) is 1.82. The number of anilines is 2. The topological polar surface area (TPSA) is 49.3 Å². The predicted octanol–water partition coefficient (Wildman–Crippen LogP) is 4.02. The van der Waals surface area contributed by atoms with Gasteiger partial charge in [0.25, 0.3) is 0 Å². The molecule has 2 aromatic carbocycles. The molecule has 0 bridgehead atoms. The Labute approximate surface area is 114 Å². The number of aromatic carboxylic acids is 1. The second-order valence-electron chi connectivity index (χ2n) is 4.56. The highest BCUT2D eigenvalue weighted by Gasteiger charge is 2.15. The molecule has 104 valence electrons. The molecule has 3 nitrogen and oxygen atoms in total. The van der Waals surface area contributed by atoms with Crippen LogP contribution in [0.2, 0.25) is 0 Å². The molecule has 0 aliphatic carbocycles. The molecular weight excluding hydrogens is 264 g/mol. The maximum atomic E-state index is 13.8. The minimum Gasteiger partial charge on any atom is -0.478 e. The van der Waals surface area contributed by atoms with Gasteiger partial charge in [0.15, 0.2) is 11.6 Å². The molecule has 0 unspecified atom stereocenters. The van der Waals surface area contributed by atoms with E-state index in [4.69, 9.17) is 5.11 Å². The average Bonchev–Trinajstić information content (AvgIpc) is 2.37. The number of aryl methyl sites for hydroxylation is 2. The zero-order valence-electron chi connectivity index (χ0n) is 11.0. The Morgan fingerprint density at radius 3 is 2.25 bits per heavy atom. The third kappa shape index (κ3) is 2.77. The molecule has 0 aliphatic rings. The number of hydrogen-bond donors (Lipinski definition) is 2. The van der Waals surface area contributed by atoms with Gasteiger partial charge in [0.1, 0.15) is 5.69 Å². The molecule has 0 amide bonds. The molecule has 2 aromatic rings. The van der Waals surface area contributed by atoms with E-state index in [-0.39, 0.29) is 5.69 Å². The van der Waals surface area contributed by atoms with Crippen molar-refractivity contribution in [3.63, 3.8) is 0 Å². The van der Waals surface area contributed by atoms with E-state index in [1.54, 1.807) is 6.07 Å². The van der Waals surface area contributed by atoms with Crippen LogP contribution in [-0.4, -0.2) is 11.1 Å². The van der Waals surface area contributed by atoms with Gasteiger partial charge in [-0.2, -0.15) is 0 Å². The fourth-order valence-corrected chi connectivity index (χ4v) is 1.82. The lowest BCUT2D eigenvalue weighted by Crippen LogP contribution is -2.04. The summed E-state index contributed by atoms with van der Waals surface area (Å²) in [5.41, 5.74) is 1.57. The number of carbonyl (C=O) groups is 1. The number of carboxylic acid groups (broad SMARTS) is 1. The van der Waals surface area contributed by atoms with E-state index < -0.39 is 23.2 Å². The second kappa shape index (κ2) is 5.28. The molecule has 0 atom stereocenters. The van der Waals surface area contributed by atoms with E-state index in [9.17, 15) is 13.6 Å². The quantitative estimate of drug-likeness (QED) is 0.890. The average molecular weight is 277 g/mol. The first-order valence-electron chi connectivity index (χ1n) is 5.95. The maximum Gasteiger partial charge on any atom is 0.335 e. The molecule has 2 rings (SSSR count). The van der Waals surface area contributed by atoms with Crippen molar-refractivity contribution < 1.29 is 18.7 Å². The Balaban J connectivity index is 2.44. The van der Waals surface area contributed by atoms with Crippen LogP contribution in [0.15, 0.2) is 30.3 Å². The zero-order valence-corrected chi connectivity index (χ0v) is 11.0. The van der Waals surface area contributed by atoms with Crippen molar-refractivity contribution >= 4 is 17.3 Å². The summed E-state index contributed by atoms with van der Waals surface area (Å²) in [4.78, 5) is 10.7. The third-order valence-corrected chi connectivity index (χ3v) is 2.94. The minimum absolute atomic E-state index is 0.358. The minimum atomic E-state index is -1.37. The molecule has 0 aliphatic heterocycles. The van der Waals surface area contributed by atoms with Crippen LogP contribution in [0.25, 0.3) is 0 Å². The van der Waals surface area contributed by atoms with Crippen LogP contribution in [0.3, 0.4) is 0 Å². The molecule has 0 aromatic heterocycles. The van der Waals surface area contributed by atoms with E-state index in [2.05, 4.69) is 5.32 Å². The summed E-state index contributed by atoms with van der Waals surface area (Å²) in [6, 6.07) is 7.07. The Kier molecular flexibility index (Phi) is 3.70. The number of hydrogen-bond acceptors (Lipinski definition) is 2. The molecule has 5 heteroatoms.